The summed E-state index contributed by atoms with van der Waals surface area (Å²) in [4.78, 5) is 14.3. The minimum atomic E-state index is 0.0752. The summed E-state index contributed by atoms with van der Waals surface area (Å²) in [6, 6.07) is 3.87. The third kappa shape index (κ3) is 2.91. The smallest absolute Gasteiger partial charge is 0.270 e. The summed E-state index contributed by atoms with van der Waals surface area (Å²) < 4.78 is 6.98. The van der Waals surface area contributed by atoms with Crippen molar-refractivity contribution in [1.82, 2.24) is 9.47 Å². The van der Waals surface area contributed by atoms with Crippen LogP contribution in [0.25, 0.3) is 0 Å². The van der Waals surface area contributed by atoms with Gasteiger partial charge in [-0.25, -0.2) is 0 Å². The van der Waals surface area contributed by atoms with Crippen LogP contribution < -0.4 is 5.73 Å². The standard InChI is InChI=1S/C13H21N3O2/c1-18-9-8-15-6-3-5-12(15)13(17)16-7-2-4-11(14)10-16/h3,5-6,11H,2,4,7-10,14H2,1H3/t11-/m1/s1. The number of piperidine rings is 1. The minimum Gasteiger partial charge on any atom is -0.383 e. The number of hydrogen-bond acceptors (Lipinski definition) is 3. The van der Waals surface area contributed by atoms with E-state index in [0.717, 1.165) is 25.1 Å². The zero-order valence-electron chi connectivity index (χ0n) is 10.8. The molecule has 1 atom stereocenters. The number of methoxy groups -OCH3 is 1. The number of ether oxygens (including phenoxy) is 1. The second-order valence-corrected chi connectivity index (χ2v) is 4.73. The molecule has 5 heteroatoms. The quantitative estimate of drug-likeness (QED) is 0.857. The maximum absolute atomic E-state index is 12.4. The Bertz CT molecular complexity index is 403. The zero-order valence-corrected chi connectivity index (χ0v) is 10.8. The van der Waals surface area contributed by atoms with Crippen LogP contribution in [0.15, 0.2) is 18.3 Å². The molecule has 1 saturated heterocycles. The molecule has 5 nitrogen and oxygen atoms in total. The molecule has 1 aliphatic heterocycles. The van der Waals surface area contributed by atoms with Crippen molar-refractivity contribution in [3.63, 3.8) is 0 Å². The summed E-state index contributed by atoms with van der Waals surface area (Å²) in [6.07, 6.45) is 3.91. The van der Waals surface area contributed by atoms with E-state index in [-0.39, 0.29) is 11.9 Å². The fourth-order valence-electron chi connectivity index (χ4n) is 2.35. The summed E-state index contributed by atoms with van der Waals surface area (Å²) in [6.45, 7) is 2.77. The van der Waals surface area contributed by atoms with E-state index >= 15 is 0 Å². The summed E-state index contributed by atoms with van der Waals surface area (Å²) in [5, 5.41) is 0. The lowest BCUT2D eigenvalue weighted by Crippen LogP contribution is -2.46. The van der Waals surface area contributed by atoms with Gasteiger partial charge in [-0.2, -0.15) is 0 Å². The van der Waals surface area contributed by atoms with Gasteiger partial charge in [-0.3, -0.25) is 4.79 Å². The second-order valence-electron chi connectivity index (χ2n) is 4.73. The Morgan fingerprint density at radius 1 is 1.61 bits per heavy atom. The fourth-order valence-corrected chi connectivity index (χ4v) is 2.35. The molecule has 0 aromatic carbocycles. The van der Waals surface area contributed by atoms with Crippen LogP contribution in [0, 0.1) is 0 Å². The highest BCUT2D eigenvalue weighted by Crippen LogP contribution is 2.13. The highest BCUT2D eigenvalue weighted by atomic mass is 16.5. The van der Waals surface area contributed by atoms with E-state index in [0.29, 0.717) is 19.7 Å². The van der Waals surface area contributed by atoms with Crippen molar-refractivity contribution in [3.05, 3.63) is 24.0 Å². The number of carbonyl (C=O) groups excluding carboxylic acids is 1. The first-order valence-corrected chi connectivity index (χ1v) is 6.41. The first-order chi connectivity index (χ1) is 8.72. The predicted molar refractivity (Wildman–Crippen MR) is 69.4 cm³/mol. The van der Waals surface area contributed by atoms with E-state index in [1.165, 1.54) is 0 Å². The molecule has 1 aromatic heterocycles. The lowest BCUT2D eigenvalue weighted by molar-refractivity contribution is 0.0695. The summed E-state index contributed by atoms with van der Waals surface area (Å²) in [5.41, 5.74) is 6.64. The van der Waals surface area contributed by atoms with E-state index in [4.69, 9.17) is 10.5 Å². The number of nitrogens with two attached hydrogens (primary N) is 1. The average molecular weight is 251 g/mol. The van der Waals surface area contributed by atoms with Gasteiger partial charge in [-0.15, -0.1) is 0 Å². The van der Waals surface area contributed by atoms with E-state index < -0.39 is 0 Å². The van der Waals surface area contributed by atoms with Crippen LogP contribution in [-0.4, -0.2) is 48.2 Å². The topological polar surface area (TPSA) is 60.5 Å². The lowest BCUT2D eigenvalue weighted by Gasteiger charge is -2.31. The van der Waals surface area contributed by atoms with E-state index in [9.17, 15) is 4.79 Å². The molecular formula is C13H21N3O2. The molecule has 0 saturated carbocycles. The van der Waals surface area contributed by atoms with Gasteiger partial charge in [0.15, 0.2) is 0 Å². The van der Waals surface area contributed by atoms with Gasteiger partial charge >= 0.3 is 0 Å². The molecule has 1 amide bonds. The number of aromatic nitrogens is 1. The average Bonchev–Trinajstić information content (AvgIpc) is 2.83. The van der Waals surface area contributed by atoms with Crippen molar-refractivity contribution in [3.8, 4) is 0 Å². The molecule has 0 bridgehead atoms. The highest BCUT2D eigenvalue weighted by molar-refractivity contribution is 5.92. The van der Waals surface area contributed by atoms with Gasteiger partial charge in [0.05, 0.1) is 6.61 Å². The molecule has 0 spiro atoms. The van der Waals surface area contributed by atoms with Gasteiger partial charge in [0.1, 0.15) is 5.69 Å². The Kier molecular flexibility index (Phi) is 4.38. The van der Waals surface area contributed by atoms with Gasteiger partial charge in [-0.1, -0.05) is 0 Å². The Morgan fingerprint density at radius 2 is 2.44 bits per heavy atom. The van der Waals surface area contributed by atoms with E-state index in [1.807, 2.05) is 27.8 Å². The molecular weight excluding hydrogens is 230 g/mol. The van der Waals surface area contributed by atoms with Crippen LogP contribution in [0.1, 0.15) is 23.3 Å². The van der Waals surface area contributed by atoms with Crippen LogP contribution in [0.4, 0.5) is 0 Å². The van der Waals surface area contributed by atoms with Gasteiger partial charge in [0, 0.05) is 39.0 Å². The summed E-state index contributed by atoms with van der Waals surface area (Å²) in [7, 11) is 1.66. The van der Waals surface area contributed by atoms with Crippen LogP contribution in [0.5, 0.6) is 0 Å². The third-order valence-electron chi connectivity index (χ3n) is 3.33. The number of likely N-dealkylation sites (tertiary alicyclic amines) is 1. The van der Waals surface area contributed by atoms with Gasteiger partial charge in [-0.05, 0) is 25.0 Å². The number of nitrogens with zero attached hydrogens (tertiary/aromatic N) is 2. The molecule has 1 fully saturated rings. The van der Waals surface area contributed by atoms with Crippen molar-refractivity contribution < 1.29 is 9.53 Å². The van der Waals surface area contributed by atoms with Crippen LogP contribution in [0.2, 0.25) is 0 Å². The van der Waals surface area contributed by atoms with E-state index in [2.05, 4.69) is 0 Å². The number of amides is 1. The summed E-state index contributed by atoms with van der Waals surface area (Å²) in [5.74, 6) is 0.0752. The largest absolute Gasteiger partial charge is 0.383 e. The molecule has 0 aliphatic carbocycles. The monoisotopic (exact) mass is 251 g/mol. The molecule has 0 radical (unpaired) electrons. The van der Waals surface area contributed by atoms with Crippen molar-refractivity contribution in [2.45, 2.75) is 25.4 Å². The first-order valence-electron chi connectivity index (χ1n) is 6.41. The lowest BCUT2D eigenvalue weighted by atomic mass is 10.1. The summed E-state index contributed by atoms with van der Waals surface area (Å²) >= 11 is 0. The Hall–Kier alpha value is -1.33. The third-order valence-corrected chi connectivity index (χ3v) is 3.33. The number of rotatable bonds is 4. The zero-order chi connectivity index (χ0) is 13.0. The van der Waals surface area contributed by atoms with Crippen molar-refractivity contribution in [2.24, 2.45) is 5.73 Å². The maximum atomic E-state index is 12.4. The highest BCUT2D eigenvalue weighted by Gasteiger charge is 2.23. The van der Waals surface area contributed by atoms with Gasteiger partial charge in [0.2, 0.25) is 0 Å². The molecule has 2 rings (SSSR count). The molecule has 18 heavy (non-hydrogen) atoms. The molecule has 1 aromatic rings. The van der Waals surface area contributed by atoms with Gasteiger partial charge < -0.3 is 19.9 Å². The Morgan fingerprint density at radius 3 is 3.17 bits per heavy atom. The Labute approximate surface area is 108 Å². The van der Waals surface area contributed by atoms with Gasteiger partial charge in [0.25, 0.3) is 5.91 Å². The molecule has 0 unspecified atom stereocenters. The van der Waals surface area contributed by atoms with Crippen molar-refractivity contribution >= 4 is 5.91 Å². The second kappa shape index (κ2) is 6.02. The predicted octanol–water partition coefficient (Wildman–Crippen LogP) is 0.698. The molecule has 2 N–H and O–H groups in total. The molecule has 2 heterocycles. The minimum absolute atomic E-state index is 0.0752. The molecule has 100 valence electrons. The fraction of sp³-hybridized carbons (Fsp3) is 0.615. The van der Waals surface area contributed by atoms with Crippen LogP contribution >= 0.6 is 0 Å². The normalized spacial score (nSPS) is 20.1. The maximum Gasteiger partial charge on any atom is 0.270 e. The van der Waals surface area contributed by atoms with Crippen LogP contribution in [-0.2, 0) is 11.3 Å². The number of carbonyl (C=O) groups is 1. The van der Waals surface area contributed by atoms with Crippen LogP contribution in [0.3, 0.4) is 0 Å². The van der Waals surface area contributed by atoms with Crippen molar-refractivity contribution in [2.75, 3.05) is 26.8 Å². The number of hydrogen-bond donors (Lipinski definition) is 1. The molecule has 1 aliphatic rings. The van der Waals surface area contributed by atoms with Crippen molar-refractivity contribution in [1.29, 1.82) is 0 Å². The first kappa shape index (κ1) is 13.1. The van der Waals surface area contributed by atoms with E-state index in [1.54, 1.807) is 7.11 Å². The Balaban J connectivity index is 2.05. The SMILES string of the molecule is COCCn1cccc1C(=O)N1CCC[C@@H](N)C1.